The summed E-state index contributed by atoms with van der Waals surface area (Å²) in [4.78, 5) is 4.26. The van der Waals surface area contributed by atoms with Crippen LogP contribution in [0, 0.1) is 0 Å². The summed E-state index contributed by atoms with van der Waals surface area (Å²) in [5.41, 5.74) is 1.32. The van der Waals surface area contributed by atoms with Gasteiger partial charge >= 0.3 is 0 Å². The molecule has 1 heterocycles. The lowest BCUT2D eigenvalue weighted by atomic mass is 10.0. The Bertz CT molecular complexity index is 445. The maximum atomic E-state index is 4.26. The molecule has 2 atom stereocenters. The zero-order valence-corrected chi connectivity index (χ0v) is 12.2. The highest BCUT2D eigenvalue weighted by Crippen LogP contribution is 2.34. The first-order valence-corrected chi connectivity index (χ1v) is 7.66. The van der Waals surface area contributed by atoms with Gasteiger partial charge in [0.15, 0.2) is 4.34 Å². The maximum Gasteiger partial charge on any atom is 0.170 e. The van der Waals surface area contributed by atoms with E-state index in [-0.39, 0.29) is 0 Å². The Balaban J connectivity index is 2.14. The van der Waals surface area contributed by atoms with Gasteiger partial charge in [0, 0.05) is 11.3 Å². The quantitative estimate of drug-likeness (QED) is 0.823. The fraction of sp³-hybridized carbons (Fsp3) is 0.385. The monoisotopic (exact) mass is 279 g/mol. The normalized spacial score (nSPS) is 14.3. The smallest absolute Gasteiger partial charge is 0.170 e. The Hall–Kier alpha value is -0.910. The minimum Gasteiger partial charge on any atom is -0.312 e. The van der Waals surface area contributed by atoms with Crippen LogP contribution in [-0.4, -0.2) is 21.7 Å². The Morgan fingerprint density at radius 2 is 2.11 bits per heavy atom. The second kappa shape index (κ2) is 6.87. The van der Waals surface area contributed by atoms with E-state index < -0.39 is 0 Å². The van der Waals surface area contributed by atoms with Gasteiger partial charge in [-0.25, -0.2) is 4.98 Å². The van der Waals surface area contributed by atoms with E-state index in [0.717, 1.165) is 10.8 Å². The van der Waals surface area contributed by atoms with Crippen LogP contribution in [0.25, 0.3) is 0 Å². The first kappa shape index (κ1) is 13.5. The second-order valence-electron chi connectivity index (χ2n) is 3.95. The van der Waals surface area contributed by atoms with E-state index in [4.69, 9.17) is 0 Å². The molecule has 1 aromatic carbocycles. The molecule has 2 rings (SSSR count). The number of nitrogens with one attached hydrogen (secondary N) is 1. The van der Waals surface area contributed by atoms with Crippen LogP contribution in [0.5, 0.6) is 0 Å². The molecular formula is C13H17N3S2. The van der Waals surface area contributed by atoms with Crippen molar-refractivity contribution in [3.63, 3.8) is 0 Å². The van der Waals surface area contributed by atoms with E-state index in [1.54, 1.807) is 18.1 Å². The highest BCUT2D eigenvalue weighted by Gasteiger charge is 2.22. The summed E-state index contributed by atoms with van der Waals surface area (Å²) in [6.45, 7) is 2.21. The van der Waals surface area contributed by atoms with Crippen LogP contribution in [0.4, 0.5) is 0 Å². The van der Waals surface area contributed by atoms with Crippen LogP contribution < -0.4 is 5.32 Å². The molecule has 2 unspecified atom stereocenters. The van der Waals surface area contributed by atoms with Gasteiger partial charge < -0.3 is 5.32 Å². The third-order valence-corrected chi connectivity index (χ3v) is 5.03. The number of benzene rings is 1. The summed E-state index contributed by atoms with van der Waals surface area (Å²) >= 11 is 3.27. The second-order valence-corrected chi connectivity index (χ2v) is 6.22. The van der Waals surface area contributed by atoms with Crippen LogP contribution in [0.15, 0.2) is 41.0 Å². The molecule has 0 bridgehead atoms. The molecule has 3 nitrogen and oxygen atoms in total. The zero-order valence-electron chi connectivity index (χ0n) is 10.5. The van der Waals surface area contributed by atoms with E-state index in [2.05, 4.69) is 51.9 Å². The van der Waals surface area contributed by atoms with E-state index in [9.17, 15) is 0 Å². The van der Waals surface area contributed by atoms with Gasteiger partial charge in [-0.05, 0) is 30.6 Å². The van der Waals surface area contributed by atoms with Crippen molar-refractivity contribution >= 4 is 23.3 Å². The van der Waals surface area contributed by atoms with Gasteiger partial charge in [-0.1, -0.05) is 49.0 Å². The highest BCUT2D eigenvalue weighted by atomic mass is 32.2. The fourth-order valence-corrected chi connectivity index (χ4v) is 3.87. The van der Waals surface area contributed by atoms with Crippen LogP contribution in [0.3, 0.4) is 0 Å². The van der Waals surface area contributed by atoms with Crippen molar-refractivity contribution in [1.29, 1.82) is 0 Å². The van der Waals surface area contributed by atoms with Crippen LogP contribution in [0.1, 0.15) is 24.9 Å². The number of hydrogen-bond donors (Lipinski definition) is 1. The van der Waals surface area contributed by atoms with Crippen molar-refractivity contribution in [2.75, 3.05) is 7.05 Å². The molecule has 0 fully saturated rings. The average Bonchev–Trinajstić information content (AvgIpc) is 2.92. The Labute approximate surface area is 116 Å². The van der Waals surface area contributed by atoms with Gasteiger partial charge in [0.05, 0.1) is 0 Å². The number of aromatic nitrogens is 2. The Morgan fingerprint density at radius 3 is 2.67 bits per heavy atom. The van der Waals surface area contributed by atoms with Gasteiger partial charge in [0.1, 0.15) is 6.33 Å². The molecule has 2 aromatic rings. The average molecular weight is 279 g/mol. The van der Waals surface area contributed by atoms with Gasteiger partial charge in [0.25, 0.3) is 0 Å². The lowest BCUT2D eigenvalue weighted by Crippen LogP contribution is -2.26. The van der Waals surface area contributed by atoms with E-state index in [0.29, 0.717) is 11.3 Å². The van der Waals surface area contributed by atoms with Crippen LogP contribution in [-0.2, 0) is 0 Å². The minimum atomic E-state index is 0.338. The van der Waals surface area contributed by atoms with Gasteiger partial charge in [0.2, 0.25) is 0 Å². The summed E-state index contributed by atoms with van der Waals surface area (Å²) in [6, 6.07) is 10.9. The lowest BCUT2D eigenvalue weighted by Gasteiger charge is -2.25. The summed E-state index contributed by atoms with van der Waals surface area (Å²) < 4.78 is 5.10. The van der Waals surface area contributed by atoms with Crippen molar-refractivity contribution in [1.82, 2.24) is 14.7 Å². The SMILES string of the molecule is CCC(Sc1ncns1)C(NC)c1ccccc1. The van der Waals surface area contributed by atoms with Crippen molar-refractivity contribution in [2.45, 2.75) is 29.0 Å². The first-order valence-electron chi connectivity index (χ1n) is 6.00. The largest absolute Gasteiger partial charge is 0.312 e. The molecule has 0 saturated heterocycles. The third-order valence-electron chi connectivity index (χ3n) is 2.84. The van der Waals surface area contributed by atoms with Gasteiger partial charge in [-0.2, -0.15) is 4.37 Å². The predicted octanol–water partition coefficient (Wildman–Crippen LogP) is 3.37. The Morgan fingerprint density at radius 1 is 1.33 bits per heavy atom. The molecule has 18 heavy (non-hydrogen) atoms. The molecule has 0 spiro atoms. The first-order chi connectivity index (χ1) is 8.85. The maximum absolute atomic E-state index is 4.26. The molecule has 0 aliphatic heterocycles. The third kappa shape index (κ3) is 3.31. The van der Waals surface area contributed by atoms with Crippen molar-refractivity contribution in [2.24, 2.45) is 0 Å². The van der Waals surface area contributed by atoms with E-state index in [1.807, 2.05) is 7.05 Å². The topological polar surface area (TPSA) is 37.8 Å². The fourth-order valence-electron chi connectivity index (χ4n) is 1.96. The molecule has 5 heteroatoms. The lowest BCUT2D eigenvalue weighted by molar-refractivity contribution is 0.555. The zero-order chi connectivity index (χ0) is 12.8. The molecule has 1 N–H and O–H groups in total. The number of rotatable bonds is 6. The van der Waals surface area contributed by atoms with Crippen LogP contribution >= 0.6 is 23.3 Å². The number of hydrogen-bond acceptors (Lipinski definition) is 5. The standard InChI is InChI=1S/C13H17N3S2/c1-3-11(17-13-15-9-16-18-13)12(14-2)10-7-5-4-6-8-10/h4-9,11-12,14H,3H2,1-2H3. The summed E-state index contributed by atoms with van der Waals surface area (Å²) in [7, 11) is 2.01. The number of thioether (sulfide) groups is 1. The minimum absolute atomic E-state index is 0.338. The van der Waals surface area contributed by atoms with Crippen molar-refractivity contribution < 1.29 is 0 Å². The molecule has 1 aromatic heterocycles. The van der Waals surface area contributed by atoms with Crippen molar-refractivity contribution in [3.05, 3.63) is 42.2 Å². The number of nitrogens with zero attached hydrogens (tertiary/aromatic N) is 2. The molecule has 0 aliphatic rings. The van der Waals surface area contributed by atoms with E-state index in [1.165, 1.54) is 17.1 Å². The molecule has 0 amide bonds. The summed E-state index contributed by atoms with van der Waals surface area (Å²) in [5, 5.41) is 3.88. The van der Waals surface area contributed by atoms with Gasteiger partial charge in [-0.15, -0.1) is 0 Å². The predicted molar refractivity (Wildman–Crippen MR) is 78.1 cm³/mol. The van der Waals surface area contributed by atoms with Crippen molar-refractivity contribution in [3.8, 4) is 0 Å². The molecular weight excluding hydrogens is 262 g/mol. The summed E-state index contributed by atoms with van der Waals surface area (Å²) in [5.74, 6) is 0. The Kier molecular flexibility index (Phi) is 5.16. The molecule has 96 valence electrons. The molecule has 0 saturated carbocycles. The van der Waals surface area contributed by atoms with Crippen LogP contribution in [0.2, 0.25) is 0 Å². The highest BCUT2D eigenvalue weighted by molar-refractivity contribution is 8.01. The van der Waals surface area contributed by atoms with E-state index >= 15 is 0 Å². The van der Waals surface area contributed by atoms with Gasteiger partial charge in [-0.3, -0.25) is 0 Å². The molecule has 0 aliphatic carbocycles. The summed E-state index contributed by atoms with van der Waals surface area (Å²) in [6.07, 6.45) is 2.71. The molecule has 0 radical (unpaired) electrons.